The first-order chi connectivity index (χ1) is 14.9. The normalized spacial score (nSPS) is 14.5. The number of hydrogen-bond donors (Lipinski definition) is 1. The number of rotatable bonds is 7. The molecule has 9 heteroatoms. The Bertz CT molecular complexity index is 1120. The molecule has 2 heterocycles. The monoisotopic (exact) mass is 458 g/mol. The molecule has 1 aromatic heterocycles. The van der Waals surface area contributed by atoms with Crippen LogP contribution in [0.2, 0.25) is 0 Å². The zero-order valence-electron chi connectivity index (χ0n) is 17.5. The predicted molar refractivity (Wildman–Crippen MR) is 126 cm³/mol. The van der Waals surface area contributed by atoms with E-state index < -0.39 is 21.7 Å². The molecule has 0 spiro atoms. The smallest absolute Gasteiger partial charge is 0.241 e. The van der Waals surface area contributed by atoms with Gasteiger partial charge in [-0.2, -0.15) is 0 Å². The van der Waals surface area contributed by atoms with Crippen LogP contribution in [0.3, 0.4) is 0 Å². The molecular formula is C22H26N4O3S2. The van der Waals surface area contributed by atoms with E-state index in [4.69, 9.17) is 0 Å². The van der Waals surface area contributed by atoms with E-state index in [0.717, 1.165) is 34.0 Å². The second kappa shape index (κ2) is 9.23. The average Bonchev–Trinajstić information content (AvgIpc) is 3.16. The third-order valence-corrected chi connectivity index (χ3v) is 7.51. The van der Waals surface area contributed by atoms with Gasteiger partial charge in [0, 0.05) is 31.5 Å². The number of para-hydroxylation sites is 1. The van der Waals surface area contributed by atoms with Crippen LogP contribution in [0.15, 0.2) is 48.5 Å². The number of amides is 1. The standard InChI is InChI=1S/C22H26N4O3S2/c1-25(15-21-23-19-7-3-4-8-20(19)30-21)22(27)16-31(28,29)24-17-9-11-18(12-10-17)26-13-5-2-6-14-26/h3-4,7-12,24H,2,5-6,13-16H2,1H3. The van der Waals surface area contributed by atoms with Gasteiger partial charge in [-0.3, -0.25) is 9.52 Å². The van der Waals surface area contributed by atoms with E-state index in [1.54, 1.807) is 19.2 Å². The van der Waals surface area contributed by atoms with Gasteiger partial charge < -0.3 is 9.80 Å². The van der Waals surface area contributed by atoms with Gasteiger partial charge >= 0.3 is 0 Å². The zero-order chi connectivity index (χ0) is 21.8. The Morgan fingerprint density at radius 2 is 1.81 bits per heavy atom. The van der Waals surface area contributed by atoms with Gasteiger partial charge in [0.15, 0.2) is 0 Å². The van der Waals surface area contributed by atoms with E-state index in [1.165, 1.54) is 35.5 Å². The third-order valence-electron chi connectivity index (χ3n) is 5.31. The topological polar surface area (TPSA) is 82.6 Å². The minimum atomic E-state index is -3.81. The molecule has 1 N–H and O–H groups in total. The van der Waals surface area contributed by atoms with Crippen molar-refractivity contribution in [2.24, 2.45) is 0 Å². The quantitative estimate of drug-likeness (QED) is 0.584. The summed E-state index contributed by atoms with van der Waals surface area (Å²) in [6.45, 7) is 2.33. The third kappa shape index (κ3) is 5.54. The lowest BCUT2D eigenvalue weighted by atomic mass is 10.1. The number of carbonyl (C=O) groups excluding carboxylic acids is 1. The van der Waals surface area contributed by atoms with Gasteiger partial charge in [0.05, 0.1) is 16.8 Å². The van der Waals surface area contributed by atoms with E-state index in [-0.39, 0.29) is 6.54 Å². The number of nitrogens with one attached hydrogen (secondary N) is 1. The maximum atomic E-state index is 12.5. The lowest BCUT2D eigenvalue weighted by Crippen LogP contribution is -2.34. The Morgan fingerprint density at radius 1 is 1.10 bits per heavy atom. The summed E-state index contributed by atoms with van der Waals surface area (Å²) in [5.41, 5.74) is 2.43. The van der Waals surface area contributed by atoms with Crippen LogP contribution >= 0.6 is 11.3 Å². The van der Waals surface area contributed by atoms with Crippen LogP contribution in [-0.4, -0.2) is 50.1 Å². The summed E-state index contributed by atoms with van der Waals surface area (Å²) in [6.07, 6.45) is 3.62. The van der Waals surface area contributed by atoms with E-state index in [1.807, 2.05) is 36.4 Å². The minimum absolute atomic E-state index is 0.276. The SMILES string of the molecule is CN(Cc1nc2ccccc2s1)C(=O)CS(=O)(=O)Nc1ccc(N2CCCCC2)cc1. The molecule has 1 saturated heterocycles. The van der Waals surface area contributed by atoms with E-state index in [2.05, 4.69) is 14.6 Å². The predicted octanol–water partition coefficient (Wildman–Crippen LogP) is 3.69. The molecule has 4 rings (SSSR count). The molecule has 2 aromatic carbocycles. The lowest BCUT2D eigenvalue weighted by Gasteiger charge is -2.28. The van der Waals surface area contributed by atoms with Gasteiger partial charge in [-0.25, -0.2) is 13.4 Å². The van der Waals surface area contributed by atoms with Gasteiger partial charge in [-0.1, -0.05) is 12.1 Å². The van der Waals surface area contributed by atoms with Crippen molar-refractivity contribution in [3.63, 3.8) is 0 Å². The fraction of sp³-hybridized carbons (Fsp3) is 0.364. The van der Waals surface area contributed by atoms with Gasteiger partial charge in [0.25, 0.3) is 0 Å². The largest absolute Gasteiger partial charge is 0.372 e. The van der Waals surface area contributed by atoms with Gasteiger partial charge in [0.1, 0.15) is 10.8 Å². The number of sulfonamides is 1. The molecule has 0 saturated carbocycles. The second-order valence-corrected chi connectivity index (χ2v) is 10.6. The fourth-order valence-corrected chi connectivity index (χ4v) is 5.79. The van der Waals surface area contributed by atoms with Crippen molar-refractivity contribution in [3.8, 4) is 0 Å². The molecule has 0 aliphatic carbocycles. The number of fused-ring (bicyclic) bond motifs is 1. The lowest BCUT2D eigenvalue weighted by molar-refractivity contribution is -0.127. The zero-order valence-corrected chi connectivity index (χ0v) is 19.1. The highest BCUT2D eigenvalue weighted by Crippen LogP contribution is 2.23. The second-order valence-electron chi connectivity index (χ2n) is 7.78. The van der Waals surface area contributed by atoms with Gasteiger partial charge in [-0.05, 0) is 55.7 Å². The highest BCUT2D eigenvalue weighted by atomic mass is 32.2. The molecule has 31 heavy (non-hydrogen) atoms. The number of piperidine rings is 1. The summed E-state index contributed by atoms with van der Waals surface area (Å²) in [5, 5.41) is 0.774. The molecule has 7 nitrogen and oxygen atoms in total. The summed E-state index contributed by atoms with van der Waals surface area (Å²) in [5.74, 6) is -1.08. The number of aromatic nitrogens is 1. The van der Waals surface area contributed by atoms with Crippen LogP contribution in [0.25, 0.3) is 10.2 Å². The number of thiazole rings is 1. The number of carbonyl (C=O) groups is 1. The maximum absolute atomic E-state index is 12.5. The highest BCUT2D eigenvalue weighted by molar-refractivity contribution is 7.93. The van der Waals surface area contributed by atoms with Crippen LogP contribution in [0.1, 0.15) is 24.3 Å². The van der Waals surface area contributed by atoms with Crippen molar-refractivity contribution in [1.82, 2.24) is 9.88 Å². The number of hydrogen-bond acceptors (Lipinski definition) is 6. The number of nitrogens with zero attached hydrogens (tertiary/aromatic N) is 3. The summed E-state index contributed by atoms with van der Waals surface area (Å²) in [6, 6.07) is 15.1. The minimum Gasteiger partial charge on any atom is -0.372 e. The van der Waals surface area contributed by atoms with E-state index in [0.29, 0.717) is 5.69 Å². The number of benzene rings is 2. The molecule has 164 valence electrons. The molecule has 1 aliphatic rings. The fourth-order valence-electron chi connectivity index (χ4n) is 3.66. The Labute approximate surface area is 186 Å². The van der Waals surface area contributed by atoms with Gasteiger partial charge in [-0.15, -0.1) is 11.3 Å². The molecular weight excluding hydrogens is 432 g/mol. The highest BCUT2D eigenvalue weighted by Gasteiger charge is 2.21. The van der Waals surface area contributed by atoms with Crippen LogP contribution < -0.4 is 9.62 Å². The molecule has 1 fully saturated rings. The van der Waals surface area contributed by atoms with Crippen LogP contribution in [0.5, 0.6) is 0 Å². The van der Waals surface area contributed by atoms with Crippen molar-refractivity contribution in [3.05, 3.63) is 53.5 Å². The molecule has 0 bridgehead atoms. The van der Waals surface area contributed by atoms with Crippen LogP contribution in [0.4, 0.5) is 11.4 Å². The number of anilines is 2. The first-order valence-electron chi connectivity index (χ1n) is 10.3. The molecule has 1 aliphatic heterocycles. The Hall–Kier alpha value is -2.65. The Balaban J connectivity index is 1.34. The summed E-state index contributed by atoms with van der Waals surface area (Å²) < 4.78 is 28.6. The molecule has 3 aromatic rings. The molecule has 0 radical (unpaired) electrons. The van der Waals surface area contributed by atoms with Crippen molar-refractivity contribution in [2.45, 2.75) is 25.8 Å². The van der Waals surface area contributed by atoms with Crippen molar-refractivity contribution in [2.75, 3.05) is 35.5 Å². The average molecular weight is 459 g/mol. The first kappa shape index (κ1) is 21.6. The molecule has 1 amide bonds. The van der Waals surface area contributed by atoms with Crippen molar-refractivity contribution < 1.29 is 13.2 Å². The van der Waals surface area contributed by atoms with Crippen LogP contribution in [-0.2, 0) is 21.4 Å². The maximum Gasteiger partial charge on any atom is 0.241 e. The first-order valence-corrected chi connectivity index (χ1v) is 12.8. The van der Waals surface area contributed by atoms with Crippen LogP contribution in [0, 0.1) is 0 Å². The van der Waals surface area contributed by atoms with Crippen molar-refractivity contribution in [1.29, 1.82) is 0 Å². The van der Waals surface area contributed by atoms with Gasteiger partial charge in [0.2, 0.25) is 15.9 Å². The van der Waals surface area contributed by atoms with E-state index in [9.17, 15) is 13.2 Å². The summed E-state index contributed by atoms with van der Waals surface area (Å²) in [4.78, 5) is 20.7. The Morgan fingerprint density at radius 3 is 2.52 bits per heavy atom. The molecule has 0 unspecified atom stereocenters. The Kier molecular flexibility index (Phi) is 6.43. The summed E-state index contributed by atoms with van der Waals surface area (Å²) >= 11 is 1.50. The van der Waals surface area contributed by atoms with E-state index >= 15 is 0 Å². The molecule has 0 atom stereocenters. The summed E-state index contributed by atoms with van der Waals surface area (Å²) in [7, 11) is -2.21. The van der Waals surface area contributed by atoms with Crippen molar-refractivity contribution >= 4 is 48.9 Å².